The highest BCUT2D eigenvalue weighted by Gasteiger charge is 2.04. The van der Waals surface area contributed by atoms with E-state index in [1.54, 1.807) is 0 Å². The molecule has 84 valence electrons. The maximum absolute atomic E-state index is 10.9. The topological polar surface area (TPSA) is 44.8 Å². The summed E-state index contributed by atoms with van der Waals surface area (Å²) in [5.74, 6) is 0. The van der Waals surface area contributed by atoms with Crippen molar-refractivity contribution in [1.82, 2.24) is 0 Å². The standard InChI is InChI=1S/C10H20O4/c1-4-6-7-12-10(11)14-8-13-9(3)5-2/h9H,4-8H2,1-3H3. The Morgan fingerprint density at radius 3 is 2.57 bits per heavy atom. The van der Waals surface area contributed by atoms with Gasteiger partial charge in [-0.15, -0.1) is 0 Å². The molecule has 0 aromatic rings. The summed E-state index contributed by atoms with van der Waals surface area (Å²) in [5, 5.41) is 0. The monoisotopic (exact) mass is 204 g/mol. The number of carbonyl (C=O) groups excluding carboxylic acids is 1. The molecule has 1 unspecified atom stereocenters. The van der Waals surface area contributed by atoms with Gasteiger partial charge in [0.05, 0.1) is 12.7 Å². The van der Waals surface area contributed by atoms with E-state index in [0.717, 1.165) is 19.3 Å². The van der Waals surface area contributed by atoms with Crippen molar-refractivity contribution < 1.29 is 19.0 Å². The molecule has 14 heavy (non-hydrogen) atoms. The molecule has 0 aromatic carbocycles. The first-order chi connectivity index (χ1) is 6.70. The second kappa shape index (κ2) is 8.81. The van der Waals surface area contributed by atoms with Crippen molar-refractivity contribution in [1.29, 1.82) is 0 Å². The summed E-state index contributed by atoms with van der Waals surface area (Å²) in [6.07, 6.45) is 2.21. The third-order valence-corrected chi connectivity index (χ3v) is 1.82. The van der Waals surface area contributed by atoms with Crippen molar-refractivity contribution >= 4 is 6.16 Å². The molecule has 0 aliphatic carbocycles. The minimum absolute atomic E-state index is 0.0278. The van der Waals surface area contributed by atoms with E-state index < -0.39 is 6.16 Å². The van der Waals surface area contributed by atoms with Gasteiger partial charge in [-0.3, -0.25) is 0 Å². The first kappa shape index (κ1) is 13.2. The number of carbonyl (C=O) groups is 1. The van der Waals surface area contributed by atoms with Crippen LogP contribution in [0.4, 0.5) is 4.79 Å². The van der Waals surface area contributed by atoms with Crippen LogP contribution in [0.15, 0.2) is 0 Å². The summed E-state index contributed by atoms with van der Waals surface area (Å²) < 4.78 is 14.6. The van der Waals surface area contributed by atoms with Crippen molar-refractivity contribution in [3.63, 3.8) is 0 Å². The van der Waals surface area contributed by atoms with Gasteiger partial charge in [0, 0.05) is 0 Å². The third kappa shape index (κ3) is 7.86. The second-order valence-corrected chi connectivity index (χ2v) is 3.10. The number of hydrogen-bond acceptors (Lipinski definition) is 4. The van der Waals surface area contributed by atoms with Crippen LogP contribution in [0.25, 0.3) is 0 Å². The minimum Gasteiger partial charge on any atom is -0.434 e. The van der Waals surface area contributed by atoms with Gasteiger partial charge in [-0.1, -0.05) is 20.3 Å². The SMILES string of the molecule is CCCCOC(=O)OCOC(C)CC. The predicted molar refractivity (Wildman–Crippen MR) is 53.0 cm³/mol. The van der Waals surface area contributed by atoms with Crippen LogP contribution in [0, 0.1) is 0 Å². The highest BCUT2D eigenvalue weighted by molar-refractivity contribution is 5.59. The van der Waals surface area contributed by atoms with E-state index in [2.05, 4.69) is 4.74 Å². The quantitative estimate of drug-likeness (QED) is 0.363. The molecule has 0 saturated carbocycles. The van der Waals surface area contributed by atoms with Crippen molar-refractivity contribution in [3.05, 3.63) is 0 Å². The molecule has 4 heteroatoms. The zero-order valence-electron chi connectivity index (χ0n) is 9.25. The van der Waals surface area contributed by atoms with E-state index in [4.69, 9.17) is 9.47 Å². The van der Waals surface area contributed by atoms with Crippen molar-refractivity contribution in [2.45, 2.75) is 46.1 Å². The van der Waals surface area contributed by atoms with Gasteiger partial charge in [0.2, 0.25) is 0 Å². The van der Waals surface area contributed by atoms with Crippen LogP contribution in [0.3, 0.4) is 0 Å². The zero-order chi connectivity index (χ0) is 10.8. The maximum Gasteiger partial charge on any atom is 0.510 e. The number of ether oxygens (including phenoxy) is 3. The molecule has 0 aromatic heterocycles. The van der Waals surface area contributed by atoms with Gasteiger partial charge in [0.1, 0.15) is 0 Å². The predicted octanol–water partition coefficient (Wildman–Crippen LogP) is 2.71. The van der Waals surface area contributed by atoms with Gasteiger partial charge in [0.25, 0.3) is 0 Å². The first-order valence-corrected chi connectivity index (χ1v) is 5.11. The fourth-order valence-corrected chi connectivity index (χ4v) is 0.658. The van der Waals surface area contributed by atoms with Gasteiger partial charge in [-0.2, -0.15) is 0 Å². The fourth-order valence-electron chi connectivity index (χ4n) is 0.658. The van der Waals surface area contributed by atoms with Crippen molar-refractivity contribution in [3.8, 4) is 0 Å². The van der Waals surface area contributed by atoms with E-state index in [9.17, 15) is 4.79 Å². The van der Waals surface area contributed by atoms with Crippen LogP contribution in [0.1, 0.15) is 40.0 Å². The van der Waals surface area contributed by atoms with Crippen LogP contribution >= 0.6 is 0 Å². The number of unbranched alkanes of at least 4 members (excludes halogenated alkanes) is 1. The summed E-state index contributed by atoms with van der Waals surface area (Å²) in [7, 11) is 0. The lowest BCUT2D eigenvalue weighted by Crippen LogP contribution is -2.15. The average Bonchev–Trinajstić information content (AvgIpc) is 2.18. The highest BCUT2D eigenvalue weighted by Crippen LogP contribution is 1.97. The molecule has 0 saturated heterocycles. The van der Waals surface area contributed by atoms with Crippen LogP contribution < -0.4 is 0 Å². The molecule has 0 rings (SSSR count). The zero-order valence-corrected chi connectivity index (χ0v) is 9.25. The van der Waals surface area contributed by atoms with Gasteiger partial charge < -0.3 is 14.2 Å². The largest absolute Gasteiger partial charge is 0.510 e. The Kier molecular flexibility index (Phi) is 8.33. The molecule has 0 N–H and O–H groups in total. The third-order valence-electron chi connectivity index (χ3n) is 1.82. The van der Waals surface area contributed by atoms with Crippen LogP contribution in [0.5, 0.6) is 0 Å². The second-order valence-electron chi connectivity index (χ2n) is 3.10. The van der Waals surface area contributed by atoms with Crippen LogP contribution in [0.2, 0.25) is 0 Å². The molecule has 0 spiro atoms. The molecular formula is C10H20O4. The van der Waals surface area contributed by atoms with E-state index >= 15 is 0 Å². The Hall–Kier alpha value is -0.770. The molecule has 0 heterocycles. The lowest BCUT2D eigenvalue weighted by molar-refractivity contribution is -0.0720. The maximum atomic E-state index is 10.9. The van der Waals surface area contributed by atoms with Gasteiger partial charge in [0.15, 0.2) is 6.79 Å². The molecule has 4 nitrogen and oxygen atoms in total. The van der Waals surface area contributed by atoms with E-state index in [1.165, 1.54) is 0 Å². The molecular weight excluding hydrogens is 184 g/mol. The number of hydrogen-bond donors (Lipinski definition) is 0. The minimum atomic E-state index is -0.651. The van der Waals surface area contributed by atoms with Gasteiger partial charge >= 0.3 is 6.16 Å². The molecule has 0 bridgehead atoms. The molecule has 0 amide bonds. The van der Waals surface area contributed by atoms with Crippen LogP contribution in [-0.4, -0.2) is 25.7 Å². The molecule has 0 aliphatic rings. The van der Waals surface area contributed by atoms with Gasteiger partial charge in [-0.25, -0.2) is 4.79 Å². The lowest BCUT2D eigenvalue weighted by atomic mass is 10.3. The van der Waals surface area contributed by atoms with Gasteiger partial charge in [-0.05, 0) is 19.8 Å². The summed E-state index contributed by atoms with van der Waals surface area (Å²) in [4.78, 5) is 10.9. The Labute approximate surface area is 85.5 Å². The smallest absolute Gasteiger partial charge is 0.434 e. The Bertz CT molecular complexity index is 147. The van der Waals surface area contributed by atoms with E-state index in [0.29, 0.717) is 6.61 Å². The molecule has 1 atom stereocenters. The highest BCUT2D eigenvalue weighted by atomic mass is 16.8. The van der Waals surface area contributed by atoms with E-state index in [1.807, 2.05) is 20.8 Å². The Balaban J connectivity index is 3.26. The molecule has 0 aliphatic heterocycles. The normalized spacial score (nSPS) is 12.2. The molecule has 0 radical (unpaired) electrons. The van der Waals surface area contributed by atoms with Crippen LogP contribution in [-0.2, 0) is 14.2 Å². The number of rotatable bonds is 7. The van der Waals surface area contributed by atoms with E-state index in [-0.39, 0.29) is 12.9 Å². The summed E-state index contributed by atoms with van der Waals surface area (Å²) in [6, 6.07) is 0. The Morgan fingerprint density at radius 2 is 2.00 bits per heavy atom. The average molecular weight is 204 g/mol. The lowest BCUT2D eigenvalue weighted by Gasteiger charge is -2.10. The summed E-state index contributed by atoms with van der Waals surface area (Å²) >= 11 is 0. The molecule has 0 fully saturated rings. The summed E-state index contributed by atoms with van der Waals surface area (Å²) in [5.41, 5.74) is 0. The summed E-state index contributed by atoms with van der Waals surface area (Å²) in [6.45, 7) is 6.34. The van der Waals surface area contributed by atoms with Crippen molar-refractivity contribution in [2.24, 2.45) is 0 Å². The first-order valence-electron chi connectivity index (χ1n) is 5.11. The van der Waals surface area contributed by atoms with Crippen molar-refractivity contribution in [2.75, 3.05) is 13.4 Å². The fraction of sp³-hybridized carbons (Fsp3) is 0.900. The Morgan fingerprint density at radius 1 is 1.29 bits per heavy atom.